The first-order valence-electron chi connectivity index (χ1n) is 9.25. The van der Waals surface area contributed by atoms with Gasteiger partial charge >= 0.3 is 0 Å². The van der Waals surface area contributed by atoms with E-state index in [1.54, 1.807) is 13.2 Å². The Hall–Kier alpha value is -2.29. The van der Waals surface area contributed by atoms with Crippen molar-refractivity contribution in [2.24, 2.45) is 0 Å². The van der Waals surface area contributed by atoms with E-state index in [9.17, 15) is 8.42 Å². The fourth-order valence-corrected chi connectivity index (χ4v) is 4.32. The number of likely N-dealkylation sites (N-methyl/N-ethyl adjacent to an activating group) is 1. The highest BCUT2D eigenvalue weighted by Gasteiger charge is 2.24. The van der Waals surface area contributed by atoms with Gasteiger partial charge < -0.3 is 14.2 Å². The summed E-state index contributed by atoms with van der Waals surface area (Å²) in [5.41, 5.74) is 1.03. The van der Waals surface area contributed by atoms with Crippen LogP contribution in [0.25, 0.3) is 0 Å². The summed E-state index contributed by atoms with van der Waals surface area (Å²) in [6.45, 7) is 6.09. The molecular weight excluding hydrogens is 380 g/mol. The predicted octanol–water partition coefficient (Wildman–Crippen LogP) is 2.79. The Morgan fingerprint density at radius 1 is 1.07 bits per heavy atom. The highest BCUT2D eigenvalue weighted by molar-refractivity contribution is 7.89. The maximum absolute atomic E-state index is 12.8. The van der Waals surface area contributed by atoms with Gasteiger partial charge in [0.2, 0.25) is 16.8 Å². The molecule has 1 N–H and O–H groups in total. The molecule has 0 saturated carbocycles. The largest absolute Gasteiger partial charge is 0.497 e. The number of fused-ring (bicyclic) bond motifs is 1. The van der Waals surface area contributed by atoms with E-state index in [1.807, 2.05) is 24.3 Å². The molecule has 0 saturated heterocycles. The van der Waals surface area contributed by atoms with Gasteiger partial charge in [0.25, 0.3) is 0 Å². The van der Waals surface area contributed by atoms with Crippen molar-refractivity contribution in [3.05, 3.63) is 48.0 Å². The van der Waals surface area contributed by atoms with E-state index in [4.69, 9.17) is 14.2 Å². The van der Waals surface area contributed by atoms with Crippen LogP contribution in [0.1, 0.15) is 25.5 Å². The molecule has 1 heterocycles. The lowest BCUT2D eigenvalue weighted by Crippen LogP contribution is -2.38. The third-order valence-corrected chi connectivity index (χ3v) is 6.30. The van der Waals surface area contributed by atoms with Crippen LogP contribution >= 0.6 is 0 Å². The molecule has 152 valence electrons. The Morgan fingerprint density at radius 2 is 1.75 bits per heavy atom. The first kappa shape index (κ1) is 20.4. The molecule has 0 bridgehead atoms. The van der Waals surface area contributed by atoms with Gasteiger partial charge in [-0.15, -0.1) is 0 Å². The molecule has 1 aliphatic heterocycles. The van der Waals surface area contributed by atoms with Gasteiger partial charge in [0, 0.05) is 18.7 Å². The number of benzene rings is 2. The highest BCUT2D eigenvalue weighted by atomic mass is 32.2. The zero-order valence-electron chi connectivity index (χ0n) is 16.3. The van der Waals surface area contributed by atoms with Crippen LogP contribution in [0.3, 0.4) is 0 Å². The van der Waals surface area contributed by atoms with Crippen molar-refractivity contribution in [3.63, 3.8) is 0 Å². The van der Waals surface area contributed by atoms with E-state index in [0.29, 0.717) is 11.5 Å². The van der Waals surface area contributed by atoms with Gasteiger partial charge in [-0.2, -0.15) is 0 Å². The van der Waals surface area contributed by atoms with Crippen LogP contribution in [0.2, 0.25) is 0 Å². The lowest BCUT2D eigenvalue weighted by Gasteiger charge is -2.30. The van der Waals surface area contributed by atoms with Crippen LogP contribution in [0.4, 0.5) is 0 Å². The Balaban J connectivity index is 1.80. The minimum atomic E-state index is -3.68. The van der Waals surface area contributed by atoms with Crippen molar-refractivity contribution in [2.45, 2.75) is 24.8 Å². The maximum atomic E-state index is 12.8. The second-order valence-corrected chi connectivity index (χ2v) is 8.14. The SMILES string of the molecule is CCN(CC)[C@H](CNS(=O)(=O)c1ccc2c(c1)OCO2)c1ccc(OC)cc1. The average molecular weight is 407 g/mol. The Morgan fingerprint density at radius 3 is 2.39 bits per heavy atom. The molecule has 1 aliphatic rings. The zero-order valence-corrected chi connectivity index (χ0v) is 17.2. The minimum Gasteiger partial charge on any atom is -0.497 e. The first-order chi connectivity index (χ1) is 13.5. The molecule has 2 aromatic carbocycles. The van der Waals surface area contributed by atoms with Gasteiger partial charge in [0.15, 0.2) is 11.5 Å². The van der Waals surface area contributed by atoms with Gasteiger partial charge in [0.1, 0.15) is 5.75 Å². The number of ether oxygens (including phenoxy) is 3. The molecule has 1 atom stereocenters. The summed E-state index contributed by atoms with van der Waals surface area (Å²) in [5.74, 6) is 1.76. The fraction of sp³-hybridized carbons (Fsp3) is 0.400. The number of methoxy groups -OCH3 is 1. The molecule has 2 aromatic rings. The number of nitrogens with one attached hydrogen (secondary N) is 1. The van der Waals surface area contributed by atoms with Crippen LogP contribution in [-0.4, -0.2) is 46.9 Å². The number of nitrogens with zero attached hydrogens (tertiary/aromatic N) is 1. The summed E-state index contributed by atoms with van der Waals surface area (Å²) < 4.78 is 44.1. The molecule has 3 rings (SSSR count). The Kier molecular flexibility index (Phi) is 6.43. The van der Waals surface area contributed by atoms with Crippen LogP contribution in [-0.2, 0) is 10.0 Å². The second kappa shape index (κ2) is 8.81. The van der Waals surface area contributed by atoms with E-state index in [2.05, 4.69) is 23.5 Å². The number of rotatable bonds is 9. The third-order valence-electron chi connectivity index (χ3n) is 4.87. The molecule has 8 heteroatoms. The second-order valence-electron chi connectivity index (χ2n) is 6.38. The lowest BCUT2D eigenvalue weighted by molar-refractivity contribution is 0.174. The summed E-state index contributed by atoms with van der Waals surface area (Å²) in [6, 6.07) is 12.2. The molecule has 0 aliphatic carbocycles. The van der Waals surface area contributed by atoms with E-state index in [-0.39, 0.29) is 24.3 Å². The van der Waals surface area contributed by atoms with Crippen molar-refractivity contribution in [1.82, 2.24) is 9.62 Å². The topological polar surface area (TPSA) is 77.1 Å². The molecule has 0 aromatic heterocycles. The molecule has 0 radical (unpaired) electrons. The van der Waals surface area contributed by atoms with Crippen LogP contribution in [0.15, 0.2) is 47.4 Å². The van der Waals surface area contributed by atoms with Gasteiger partial charge in [-0.05, 0) is 42.9 Å². The molecular formula is C20H26N2O5S. The average Bonchev–Trinajstić information content (AvgIpc) is 3.19. The molecule has 0 spiro atoms. The maximum Gasteiger partial charge on any atom is 0.240 e. The van der Waals surface area contributed by atoms with Crippen molar-refractivity contribution in [3.8, 4) is 17.2 Å². The van der Waals surface area contributed by atoms with Crippen molar-refractivity contribution >= 4 is 10.0 Å². The summed E-state index contributed by atoms with van der Waals surface area (Å²) >= 11 is 0. The summed E-state index contributed by atoms with van der Waals surface area (Å²) in [4.78, 5) is 2.37. The molecule has 0 unspecified atom stereocenters. The summed E-state index contributed by atoms with van der Waals surface area (Å²) in [7, 11) is -2.06. The van der Waals surface area contributed by atoms with Crippen molar-refractivity contribution in [2.75, 3.05) is 33.5 Å². The molecule has 7 nitrogen and oxygen atoms in total. The van der Waals surface area contributed by atoms with E-state index >= 15 is 0 Å². The fourth-order valence-electron chi connectivity index (χ4n) is 3.26. The van der Waals surface area contributed by atoms with Crippen molar-refractivity contribution < 1.29 is 22.6 Å². The molecule has 0 amide bonds. The molecule has 28 heavy (non-hydrogen) atoms. The lowest BCUT2D eigenvalue weighted by atomic mass is 10.1. The quantitative estimate of drug-likeness (QED) is 0.690. The Bertz CT molecular complexity index is 895. The van der Waals surface area contributed by atoms with Crippen LogP contribution in [0, 0.1) is 0 Å². The van der Waals surface area contributed by atoms with Gasteiger partial charge in [-0.1, -0.05) is 26.0 Å². The standard InChI is InChI=1S/C20H26N2O5S/c1-4-22(5-2)18(15-6-8-16(25-3)9-7-15)13-21-28(23,24)17-10-11-19-20(12-17)27-14-26-19/h6-12,18,21H,4-5,13-14H2,1-3H3/t18-/m1/s1. The zero-order chi connectivity index (χ0) is 20.1. The monoisotopic (exact) mass is 406 g/mol. The van der Waals surface area contributed by atoms with Gasteiger partial charge in [0.05, 0.1) is 12.0 Å². The summed E-state index contributed by atoms with van der Waals surface area (Å²) in [6.07, 6.45) is 0. The number of hydrogen-bond donors (Lipinski definition) is 1. The smallest absolute Gasteiger partial charge is 0.240 e. The number of hydrogen-bond acceptors (Lipinski definition) is 6. The minimum absolute atomic E-state index is 0.0929. The van der Waals surface area contributed by atoms with E-state index in [0.717, 1.165) is 24.4 Å². The highest BCUT2D eigenvalue weighted by Crippen LogP contribution is 2.34. The van der Waals surface area contributed by atoms with Gasteiger partial charge in [-0.3, -0.25) is 4.90 Å². The normalized spacial score (nSPS) is 14.3. The van der Waals surface area contributed by atoms with Gasteiger partial charge in [-0.25, -0.2) is 13.1 Å². The number of sulfonamides is 1. The van der Waals surface area contributed by atoms with Crippen LogP contribution < -0.4 is 18.9 Å². The summed E-state index contributed by atoms with van der Waals surface area (Å²) in [5, 5.41) is 0. The Labute approximate surface area is 166 Å². The first-order valence-corrected chi connectivity index (χ1v) is 10.7. The third kappa shape index (κ3) is 4.40. The molecule has 0 fully saturated rings. The van der Waals surface area contributed by atoms with Crippen molar-refractivity contribution in [1.29, 1.82) is 0 Å². The van der Waals surface area contributed by atoms with E-state index in [1.165, 1.54) is 12.1 Å². The predicted molar refractivity (Wildman–Crippen MR) is 106 cm³/mol. The van der Waals surface area contributed by atoms with E-state index < -0.39 is 10.0 Å². The van der Waals surface area contributed by atoms with Crippen LogP contribution in [0.5, 0.6) is 17.2 Å².